The summed E-state index contributed by atoms with van der Waals surface area (Å²) in [5, 5.41) is 9.94. The first-order valence-electron chi connectivity index (χ1n) is 16.1. The zero-order valence-electron chi connectivity index (χ0n) is 25.6. The van der Waals surface area contributed by atoms with E-state index in [0.29, 0.717) is 17.5 Å². The Morgan fingerprint density at radius 3 is 1.83 bits per heavy atom. The Morgan fingerprint density at radius 2 is 1.04 bits per heavy atom. The van der Waals surface area contributed by atoms with Crippen molar-refractivity contribution >= 4 is 80.4 Å². The summed E-state index contributed by atoms with van der Waals surface area (Å²) in [4.78, 5) is 15.3. The fourth-order valence-electron chi connectivity index (χ4n) is 7.61. The van der Waals surface area contributed by atoms with E-state index in [1.807, 2.05) is 29.5 Å². The lowest BCUT2D eigenvalue weighted by molar-refractivity contribution is 1.08. The first-order chi connectivity index (χ1) is 23.8. The molecule has 4 heterocycles. The number of benzene rings is 7. The molecule has 0 spiro atoms. The SMILES string of the molecule is c1ccc(-c2nc(-c3ccc4ccccc4c3)nc(-c3cc4sc5ccc6c7ccccc7n7c8ccccc8c(c3)c4c5c67)n2)cc1. The van der Waals surface area contributed by atoms with Gasteiger partial charge in [0.1, 0.15) is 0 Å². The van der Waals surface area contributed by atoms with Gasteiger partial charge in [0.25, 0.3) is 0 Å². The van der Waals surface area contributed by atoms with Gasteiger partial charge in [-0.05, 0) is 52.6 Å². The van der Waals surface area contributed by atoms with Gasteiger partial charge < -0.3 is 4.40 Å². The molecule has 222 valence electrons. The molecule has 4 nitrogen and oxygen atoms in total. The van der Waals surface area contributed by atoms with E-state index in [0.717, 1.165) is 22.1 Å². The van der Waals surface area contributed by atoms with Crippen LogP contribution in [0.3, 0.4) is 0 Å². The van der Waals surface area contributed by atoms with Crippen LogP contribution >= 0.6 is 11.3 Å². The number of aromatic nitrogens is 4. The van der Waals surface area contributed by atoms with Gasteiger partial charge in [-0.15, -0.1) is 11.3 Å². The Labute approximate surface area is 278 Å². The largest absolute Gasteiger partial charge is 0.308 e. The molecule has 0 fully saturated rings. The normalized spacial score (nSPS) is 12.2. The maximum atomic E-state index is 5.18. The molecule has 4 aromatic heterocycles. The number of thiophene rings is 1. The van der Waals surface area contributed by atoms with Crippen molar-refractivity contribution in [2.24, 2.45) is 0 Å². The van der Waals surface area contributed by atoms with E-state index in [9.17, 15) is 0 Å². The van der Waals surface area contributed by atoms with E-state index in [1.54, 1.807) is 0 Å². The van der Waals surface area contributed by atoms with Crippen LogP contribution in [0.15, 0.2) is 146 Å². The molecule has 0 saturated carbocycles. The van der Waals surface area contributed by atoms with Crippen molar-refractivity contribution in [3.63, 3.8) is 0 Å². The molecule has 0 aliphatic carbocycles. The van der Waals surface area contributed by atoms with Crippen LogP contribution in [0.2, 0.25) is 0 Å². The lowest BCUT2D eigenvalue weighted by Gasteiger charge is -2.10. The Bertz CT molecular complexity index is 3050. The van der Waals surface area contributed by atoms with Crippen LogP contribution in [-0.4, -0.2) is 19.4 Å². The average Bonchev–Trinajstić information content (AvgIpc) is 3.66. The van der Waals surface area contributed by atoms with Crippen molar-refractivity contribution in [1.82, 2.24) is 19.4 Å². The number of hydrogen-bond acceptors (Lipinski definition) is 4. The van der Waals surface area contributed by atoms with Crippen LogP contribution in [0.5, 0.6) is 0 Å². The van der Waals surface area contributed by atoms with Gasteiger partial charge in [0.15, 0.2) is 17.5 Å². The smallest absolute Gasteiger partial charge is 0.164 e. The highest BCUT2D eigenvalue weighted by Crippen LogP contribution is 2.47. The van der Waals surface area contributed by atoms with Crippen molar-refractivity contribution in [3.05, 3.63) is 146 Å². The van der Waals surface area contributed by atoms with Gasteiger partial charge in [0.05, 0.1) is 16.6 Å². The minimum atomic E-state index is 0.663. The number of hydrogen-bond donors (Lipinski definition) is 0. The maximum absolute atomic E-state index is 5.18. The Hall–Kier alpha value is -6.17. The van der Waals surface area contributed by atoms with Crippen LogP contribution < -0.4 is 0 Å². The molecular weight excluding hydrogens is 605 g/mol. The molecule has 0 aliphatic heterocycles. The van der Waals surface area contributed by atoms with Gasteiger partial charge in [0.2, 0.25) is 0 Å². The summed E-state index contributed by atoms with van der Waals surface area (Å²) in [6.07, 6.45) is 0. The van der Waals surface area contributed by atoms with E-state index in [1.165, 1.54) is 63.7 Å². The zero-order valence-corrected chi connectivity index (χ0v) is 26.4. The zero-order chi connectivity index (χ0) is 31.3. The summed E-state index contributed by atoms with van der Waals surface area (Å²) in [7, 11) is 0. The first-order valence-corrected chi connectivity index (χ1v) is 16.9. The molecule has 48 heavy (non-hydrogen) atoms. The van der Waals surface area contributed by atoms with Crippen molar-refractivity contribution in [2.45, 2.75) is 0 Å². The van der Waals surface area contributed by atoms with Gasteiger partial charge in [-0.25, -0.2) is 15.0 Å². The molecule has 11 rings (SSSR count). The minimum Gasteiger partial charge on any atom is -0.308 e. The summed E-state index contributed by atoms with van der Waals surface area (Å²) in [5.41, 5.74) is 6.60. The summed E-state index contributed by atoms with van der Waals surface area (Å²) in [5.74, 6) is 1.99. The Balaban J connectivity index is 1.25. The summed E-state index contributed by atoms with van der Waals surface area (Å²) >= 11 is 1.84. The molecule has 0 radical (unpaired) electrons. The maximum Gasteiger partial charge on any atom is 0.164 e. The first kappa shape index (κ1) is 26.0. The molecule has 11 aromatic rings. The fraction of sp³-hybridized carbons (Fsp3) is 0. The lowest BCUT2D eigenvalue weighted by atomic mass is 10.0. The monoisotopic (exact) mass is 628 g/mol. The second kappa shape index (κ2) is 9.67. The van der Waals surface area contributed by atoms with E-state index < -0.39 is 0 Å². The van der Waals surface area contributed by atoms with Crippen LogP contribution in [0, 0.1) is 0 Å². The number of nitrogens with zero attached hydrogens (tertiary/aromatic N) is 4. The van der Waals surface area contributed by atoms with Crippen molar-refractivity contribution < 1.29 is 0 Å². The average molecular weight is 629 g/mol. The standard InChI is InChI=1S/C43H24N4S/c1-2-11-26(12-3-1)41-44-42(28-19-18-25-10-4-5-13-27(25)22-28)46-43(45-41)29-23-33-31-15-7-9-17-35(31)47-34-16-8-6-14-30(34)32-20-21-36-39(40(32)47)38(33)37(24-29)48-36/h1-24H. The quantitative estimate of drug-likeness (QED) is 0.195. The third kappa shape index (κ3) is 3.62. The minimum absolute atomic E-state index is 0.663. The highest BCUT2D eigenvalue weighted by atomic mass is 32.1. The molecule has 0 N–H and O–H groups in total. The van der Waals surface area contributed by atoms with E-state index in [4.69, 9.17) is 15.0 Å². The molecular formula is C43H24N4S. The predicted molar refractivity (Wildman–Crippen MR) is 201 cm³/mol. The van der Waals surface area contributed by atoms with Crippen LogP contribution in [0.4, 0.5) is 0 Å². The highest BCUT2D eigenvalue weighted by Gasteiger charge is 2.22. The van der Waals surface area contributed by atoms with Crippen LogP contribution in [-0.2, 0) is 0 Å². The summed E-state index contributed by atoms with van der Waals surface area (Å²) < 4.78 is 4.99. The topological polar surface area (TPSA) is 43.1 Å². The molecule has 0 amide bonds. The summed E-state index contributed by atoms with van der Waals surface area (Å²) in [6.45, 7) is 0. The number of para-hydroxylation sites is 2. The number of rotatable bonds is 3. The molecule has 5 heteroatoms. The summed E-state index contributed by atoms with van der Waals surface area (Å²) in [6, 6.07) is 51.8. The molecule has 0 atom stereocenters. The fourth-order valence-corrected chi connectivity index (χ4v) is 8.78. The number of fused-ring (bicyclic) bond motifs is 7. The van der Waals surface area contributed by atoms with Gasteiger partial charge >= 0.3 is 0 Å². The van der Waals surface area contributed by atoms with E-state index >= 15 is 0 Å². The van der Waals surface area contributed by atoms with E-state index in [2.05, 4.69) is 132 Å². The molecule has 0 saturated heterocycles. The van der Waals surface area contributed by atoms with Crippen molar-refractivity contribution in [2.75, 3.05) is 0 Å². The third-order valence-corrected chi connectivity index (χ3v) is 10.8. The van der Waals surface area contributed by atoms with Gasteiger partial charge in [-0.3, -0.25) is 0 Å². The molecule has 0 aliphatic rings. The highest BCUT2D eigenvalue weighted by molar-refractivity contribution is 7.26. The van der Waals surface area contributed by atoms with Crippen molar-refractivity contribution in [1.29, 1.82) is 0 Å². The van der Waals surface area contributed by atoms with Gasteiger partial charge in [0, 0.05) is 53.0 Å². The van der Waals surface area contributed by atoms with E-state index in [-0.39, 0.29) is 0 Å². The lowest BCUT2D eigenvalue weighted by Crippen LogP contribution is -2.00. The van der Waals surface area contributed by atoms with Gasteiger partial charge in [-0.2, -0.15) is 0 Å². The molecule has 0 bridgehead atoms. The predicted octanol–water partition coefficient (Wildman–Crippen LogP) is 11.5. The Morgan fingerprint density at radius 1 is 0.396 bits per heavy atom. The molecule has 7 aromatic carbocycles. The van der Waals surface area contributed by atoms with Crippen LogP contribution in [0.1, 0.15) is 0 Å². The van der Waals surface area contributed by atoms with Crippen LogP contribution in [0.25, 0.3) is 103 Å². The third-order valence-electron chi connectivity index (χ3n) is 9.74. The molecule has 0 unspecified atom stereocenters. The van der Waals surface area contributed by atoms with Crippen molar-refractivity contribution in [3.8, 4) is 34.2 Å². The van der Waals surface area contributed by atoms with Gasteiger partial charge in [-0.1, -0.05) is 109 Å². The Kier molecular flexibility index (Phi) is 5.23. The second-order valence-corrected chi connectivity index (χ2v) is 13.5. The second-order valence-electron chi connectivity index (χ2n) is 12.4.